The number of nitrogens with zero attached hydrogens (tertiary/aromatic N) is 1. The molecule has 3 nitrogen and oxygen atoms in total. The van der Waals surface area contributed by atoms with Crippen LogP contribution in [0, 0.1) is 0 Å². The van der Waals surface area contributed by atoms with Crippen LogP contribution in [0.25, 0.3) is 0 Å². The topological polar surface area (TPSA) is 50.4 Å². The Bertz CT molecular complexity index is 820. The van der Waals surface area contributed by atoms with E-state index in [0.29, 0.717) is 0 Å². The summed E-state index contributed by atoms with van der Waals surface area (Å²) in [7, 11) is 0. The Morgan fingerprint density at radius 2 is 1.73 bits per heavy atom. The van der Waals surface area contributed by atoms with Crippen LogP contribution in [0.15, 0.2) is 52.4 Å². The third-order valence-electron chi connectivity index (χ3n) is 2.85. The van der Waals surface area contributed by atoms with Gasteiger partial charge >= 0.3 is 11.7 Å². The minimum Gasteiger partial charge on any atom is -0.369 e. The number of nitrogens with two attached hydrogens (primary N) is 1. The summed E-state index contributed by atoms with van der Waals surface area (Å²) in [4.78, 5) is 3.67. The van der Waals surface area contributed by atoms with Crippen molar-refractivity contribution >= 4 is 40.7 Å². The van der Waals surface area contributed by atoms with Crippen LogP contribution in [0.4, 0.5) is 37.7 Å². The first-order chi connectivity index (χ1) is 11.9. The molecule has 0 saturated heterocycles. The highest BCUT2D eigenvalue weighted by molar-refractivity contribution is 8.00. The Morgan fingerprint density at radius 1 is 1.04 bits per heavy atom. The van der Waals surface area contributed by atoms with Crippen LogP contribution < -0.4 is 11.1 Å². The van der Waals surface area contributed by atoms with Gasteiger partial charge < -0.3 is 11.1 Å². The number of halogens is 7. The largest absolute Gasteiger partial charge is 0.446 e. The van der Waals surface area contributed by atoms with E-state index in [9.17, 15) is 26.3 Å². The van der Waals surface area contributed by atoms with Crippen LogP contribution in [0.5, 0.6) is 0 Å². The van der Waals surface area contributed by atoms with Gasteiger partial charge in [0.25, 0.3) is 0 Å². The summed E-state index contributed by atoms with van der Waals surface area (Å²) in [6.45, 7) is 0. The molecule has 0 aliphatic carbocycles. The number of guanidine groups is 1. The molecule has 0 aromatic heterocycles. The number of nitrogens with one attached hydrogen (secondary N) is 1. The summed E-state index contributed by atoms with van der Waals surface area (Å²) < 4.78 is 75.3. The fourth-order valence-electron chi connectivity index (χ4n) is 1.85. The highest BCUT2D eigenvalue weighted by Crippen LogP contribution is 2.39. The average Bonchev–Trinajstić information content (AvgIpc) is 2.48. The summed E-state index contributed by atoms with van der Waals surface area (Å²) in [6, 6.07) is 7.65. The van der Waals surface area contributed by atoms with Crippen LogP contribution in [-0.2, 0) is 6.18 Å². The van der Waals surface area contributed by atoms with Crippen molar-refractivity contribution in [2.45, 2.75) is 16.6 Å². The van der Waals surface area contributed by atoms with E-state index in [1.165, 1.54) is 18.2 Å². The molecule has 0 unspecified atom stereocenters. The zero-order valence-corrected chi connectivity index (χ0v) is 14.2. The molecule has 0 saturated carbocycles. The first-order valence-electron chi connectivity index (χ1n) is 6.78. The normalized spacial score (nSPS) is 13.0. The van der Waals surface area contributed by atoms with Crippen molar-refractivity contribution in [2.75, 3.05) is 5.32 Å². The fourth-order valence-corrected chi connectivity index (χ4v) is 2.59. The molecule has 140 valence electrons. The number of aliphatic imine (C=N–C) groups is 1. The smallest absolute Gasteiger partial charge is 0.369 e. The summed E-state index contributed by atoms with van der Waals surface area (Å²) in [5, 5.41) is 2.47. The summed E-state index contributed by atoms with van der Waals surface area (Å²) in [5.41, 5.74) is 0.186. The molecule has 0 radical (unpaired) electrons. The highest BCUT2D eigenvalue weighted by atomic mass is 35.5. The molecule has 0 bridgehead atoms. The fraction of sp³-hybridized carbons (Fsp3) is 0.133. The Morgan fingerprint density at radius 3 is 2.35 bits per heavy atom. The molecule has 0 aliphatic heterocycles. The predicted octanol–water partition coefficient (Wildman–Crippen LogP) is 6.03. The van der Waals surface area contributed by atoms with Gasteiger partial charge in [-0.2, -0.15) is 26.3 Å². The molecule has 3 N–H and O–H groups in total. The maximum absolute atomic E-state index is 12.7. The van der Waals surface area contributed by atoms with Crippen LogP contribution in [0.3, 0.4) is 0 Å². The van der Waals surface area contributed by atoms with E-state index in [0.717, 1.165) is 24.3 Å². The quantitative estimate of drug-likeness (QED) is 0.279. The van der Waals surface area contributed by atoms with Gasteiger partial charge in [-0.05, 0) is 48.2 Å². The lowest BCUT2D eigenvalue weighted by molar-refractivity contribution is -0.137. The molecule has 26 heavy (non-hydrogen) atoms. The maximum atomic E-state index is 12.7. The van der Waals surface area contributed by atoms with Crippen molar-refractivity contribution in [1.29, 1.82) is 0 Å². The second-order valence-electron chi connectivity index (χ2n) is 4.86. The van der Waals surface area contributed by atoms with Crippen molar-refractivity contribution in [1.82, 2.24) is 0 Å². The molecular formula is C15H10ClF6N3S. The van der Waals surface area contributed by atoms with E-state index < -0.39 is 17.2 Å². The van der Waals surface area contributed by atoms with Gasteiger partial charge in [0, 0.05) is 10.6 Å². The molecule has 0 heterocycles. The minimum atomic E-state index is -4.53. The molecule has 0 atom stereocenters. The molecule has 0 aliphatic rings. The first kappa shape index (κ1) is 20.2. The third-order valence-corrected chi connectivity index (χ3v) is 3.90. The second kappa shape index (κ2) is 7.67. The van der Waals surface area contributed by atoms with E-state index in [1.54, 1.807) is 0 Å². The number of benzene rings is 2. The van der Waals surface area contributed by atoms with Gasteiger partial charge in [0.1, 0.15) is 0 Å². The monoisotopic (exact) mass is 413 g/mol. The molecule has 0 spiro atoms. The van der Waals surface area contributed by atoms with Gasteiger partial charge in [-0.3, -0.25) is 0 Å². The standard InChI is InChI=1S/C15H10ClF6N3S/c16-11-5-4-10(26-15(20,21)22)7-12(11)25-13(23)24-9-3-1-2-8(6-9)14(17,18)19/h1-7H,(H3,23,24,25). The van der Waals surface area contributed by atoms with E-state index in [4.69, 9.17) is 17.3 Å². The van der Waals surface area contributed by atoms with Crippen molar-refractivity contribution in [3.05, 3.63) is 53.1 Å². The summed E-state index contributed by atoms with van der Waals surface area (Å²) in [5.74, 6) is -0.333. The summed E-state index contributed by atoms with van der Waals surface area (Å²) in [6.07, 6.45) is -4.53. The number of alkyl halides is 6. The van der Waals surface area contributed by atoms with E-state index in [-0.39, 0.29) is 39.0 Å². The Labute approximate surface area is 153 Å². The van der Waals surface area contributed by atoms with E-state index in [1.807, 2.05) is 0 Å². The van der Waals surface area contributed by atoms with Crippen molar-refractivity contribution < 1.29 is 26.3 Å². The summed E-state index contributed by atoms with van der Waals surface area (Å²) >= 11 is 5.52. The second-order valence-corrected chi connectivity index (χ2v) is 6.41. The minimum absolute atomic E-state index is 0.0121. The molecule has 0 fully saturated rings. The van der Waals surface area contributed by atoms with Crippen LogP contribution in [0.1, 0.15) is 5.56 Å². The lowest BCUT2D eigenvalue weighted by Gasteiger charge is -2.11. The molecule has 2 aromatic carbocycles. The number of anilines is 1. The zero-order chi connectivity index (χ0) is 19.5. The van der Waals surface area contributed by atoms with E-state index in [2.05, 4.69) is 10.3 Å². The molecule has 0 amide bonds. The molecule has 2 aromatic rings. The lowest BCUT2D eigenvalue weighted by Crippen LogP contribution is -2.22. The van der Waals surface area contributed by atoms with Crippen molar-refractivity contribution in [2.24, 2.45) is 10.7 Å². The average molecular weight is 414 g/mol. The van der Waals surface area contributed by atoms with Gasteiger partial charge in [0.2, 0.25) is 0 Å². The zero-order valence-electron chi connectivity index (χ0n) is 12.6. The van der Waals surface area contributed by atoms with Gasteiger partial charge in [-0.25, -0.2) is 4.99 Å². The van der Waals surface area contributed by atoms with Gasteiger partial charge in [0.15, 0.2) is 5.96 Å². The number of rotatable bonds is 3. The predicted molar refractivity (Wildman–Crippen MR) is 89.7 cm³/mol. The van der Waals surface area contributed by atoms with E-state index >= 15 is 0 Å². The molecule has 11 heteroatoms. The molecule has 2 rings (SSSR count). The van der Waals surface area contributed by atoms with Crippen LogP contribution in [0.2, 0.25) is 5.02 Å². The Kier molecular flexibility index (Phi) is 5.97. The number of hydrogen-bond donors (Lipinski definition) is 2. The number of thioether (sulfide) groups is 1. The Balaban J connectivity index is 2.23. The Hall–Kier alpha value is -2.07. The SMILES string of the molecule is NC(=Nc1cc(SC(F)(F)F)ccc1Cl)Nc1cccc(C(F)(F)F)c1. The lowest BCUT2D eigenvalue weighted by atomic mass is 10.2. The molecular weight excluding hydrogens is 404 g/mol. The maximum Gasteiger partial charge on any atom is 0.446 e. The van der Waals surface area contributed by atoms with Crippen molar-refractivity contribution in [3.8, 4) is 0 Å². The van der Waals surface area contributed by atoms with Crippen LogP contribution in [-0.4, -0.2) is 11.5 Å². The number of hydrogen-bond acceptors (Lipinski definition) is 2. The van der Waals surface area contributed by atoms with Gasteiger partial charge in [-0.1, -0.05) is 17.7 Å². The van der Waals surface area contributed by atoms with Gasteiger partial charge in [0.05, 0.1) is 16.3 Å². The third kappa shape index (κ3) is 6.03. The van der Waals surface area contributed by atoms with Crippen molar-refractivity contribution in [3.63, 3.8) is 0 Å². The van der Waals surface area contributed by atoms with Gasteiger partial charge in [-0.15, -0.1) is 0 Å². The highest BCUT2D eigenvalue weighted by Gasteiger charge is 2.30. The van der Waals surface area contributed by atoms with Crippen LogP contribution >= 0.6 is 23.4 Å². The first-order valence-corrected chi connectivity index (χ1v) is 7.97.